The average molecular weight is 263 g/mol. The number of rotatable bonds is 3. The molecule has 1 amide bonds. The van der Waals surface area contributed by atoms with Crippen LogP contribution in [0.2, 0.25) is 0 Å². The molecule has 2 rings (SSSR count). The number of likely N-dealkylation sites (tertiary alicyclic amines) is 1. The molecule has 0 aliphatic carbocycles. The van der Waals surface area contributed by atoms with Gasteiger partial charge >= 0.3 is 0 Å². The third-order valence-electron chi connectivity index (χ3n) is 3.62. The van der Waals surface area contributed by atoms with Gasteiger partial charge in [0.15, 0.2) is 0 Å². The van der Waals surface area contributed by atoms with Crippen LogP contribution in [0.1, 0.15) is 41.5 Å². The molecule has 1 aromatic rings. The molecule has 1 N–H and O–H groups in total. The summed E-state index contributed by atoms with van der Waals surface area (Å²) in [5, 5.41) is 17.4. The first-order valence-corrected chi connectivity index (χ1v) is 6.89. The fraction of sp³-hybridized carbons (Fsp3) is 0.643. The van der Waals surface area contributed by atoms with E-state index in [0.717, 1.165) is 30.8 Å². The number of amides is 1. The number of carbonyl (C=O) groups is 1. The Morgan fingerprint density at radius 1 is 1.53 bits per heavy atom. The number of hydrogen-bond donors (Lipinski definition) is 1. The highest BCUT2D eigenvalue weighted by molar-refractivity contribution is 5.95. The van der Waals surface area contributed by atoms with Gasteiger partial charge in [0.25, 0.3) is 5.91 Å². The van der Waals surface area contributed by atoms with Gasteiger partial charge in [-0.25, -0.2) is 0 Å². The summed E-state index contributed by atoms with van der Waals surface area (Å²) < 4.78 is 0. The molecule has 5 heteroatoms. The van der Waals surface area contributed by atoms with E-state index in [9.17, 15) is 9.90 Å². The number of carbonyl (C=O) groups excluding carboxylic acids is 1. The lowest BCUT2D eigenvalue weighted by Crippen LogP contribution is -2.41. The van der Waals surface area contributed by atoms with Gasteiger partial charge in [0.05, 0.1) is 17.0 Å². The monoisotopic (exact) mass is 263 g/mol. The van der Waals surface area contributed by atoms with E-state index in [2.05, 4.69) is 10.2 Å². The van der Waals surface area contributed by atoms with Crippen LogP contribution < -0.4 is 0 Å². The molecule has 1 aliphatic rings. The lowest BCUT2D eigenvalue weighted by molar-refractivity contribution is 0.0619. The van der Waals surface area contributed by atoms with Crippen molar-refractivity contribution in [3.05, 3.63) is 23.0 Å². The molecule has 1 unspecified atom stereocenters. The molecule has 0 bridgehead atoms. The van der Waals surface area contributed by atoms with Gasteiger partial charge in [-0.2, -0.15) is 10.2 Å². The molecule has 2 heterocycles. The van der Waals surface area contributed by atoms with Crippen LogP contribution >= 0.6 is 0 Å². The lowest BCUT2D eigenvalue weighted by Gasteiger charge is -2.32. The van der Waals surface area contributed by atoms with Crippen molar-refractivity contribution in [2.45, 2.75) is 33.1 Å². The predicted octanol–water partition coefficient (Wildman–Crippen LogP) is 1.19. The molecule has 19 heavy (non-hydrogen) atoms. The Balaban J connectivity index is 2.21. The summed E-state index contributed by atoms with van der Waals surface area (Å²) in [6.45, 7) is 5.37. The minimum atomic E-state index is 0.0213. The zero-order chi connectivity index (χ0) is 13.8. The summed E-state index contributed by atoms with van der Waals surface area (Å²) in [5.41, 5.74) is 2.17. The zero-order valence-corrected chi connectivity index (χ0v) is 11.6. The van der Waals surface area contributed by atoms with Gasteiger partial charge in [-0.05, 0) is 38.2 Å². The number of nitrogens with zero attached hydrogens (tertiary/aromatic N) is 3. The van der Waals surface area contributed by atoms with Gasteiger partial charge in [0.2, 0.25) is 0 Å². The van der Waals surface area contributed by atoms with E-state index in [4.69, 9.17) is 0 Å². The van der Waals surface area contributed by atoms with E-state index in [-0.39, 0.29) is 18.4 Å². The van der Waals surface area contributed by atoms with Gasteiger partial charge in [-0.1, -0.05) is 6.92 Å². The van der Waals surface area contributed by atoms with Crippen molar-refractivity contribution in [2.75, 3.05) is 19.7 Å². The third kappa shape index (κ3) is 3.10. The van der Waals surface area contributed by atoms with Crippen LogP contribution in [0.4, 0.5) is 0 Å². The number of aliphatic hydroxyl groups excluding tert-OH is 1. The maximum absolute atomic E-state index is 12.6. The first kappa shape index (κ1) is 13.9. The number of aryl methyl sites for hydroxylation is 2. The first-order valence-electron chi connectivity index (χ1n) is 6.89. The van der Waals surface area contributed by atoms with E-state index in [1.807, 2.05) is 24.8 Å². The normalized spacial score (nSPS) is 19.5. The topological polar surface area (TPSA) is 66.3 Å². The highest BCUT2D eigenvalue weighted by Crippen LogP contribution is 2.19. The molecule has 5 nitrogen and oxygen atoms in total. The number of hydrogen-bond acceptors (Lipinski definition) is 4. The summed E-state index contributed by atoms with van der Waals surface area (Å²) in [6.07, 6.45) is 2.65. The molecule has 0 spiro atoms. The quantitative estimate of drug-likeness (QED) is 0.889. The van der Waals surface area contributed by atoms with E-state index >= 15 is 0 Å². The van der Waals surface area contributed by atoms with Crippen molar-refractivity contribution in [2.24, 2.45) is 5.92 Å². The molecular weight excluding hydrogens is 242 g/mol. The van der Waals surface area contributed by atoms with Crippen LogP contribution in [0.5, 0.6) is 0 Å². The second kappa shape index (κ2) is 6.10. The maximum atomic E-state index is 12.6. The molecule has 0 saturated carbocycles. The standard InChI is InChI=1S/C14H21N3O2/c1-3-13-12(7-10(2)15-16-13)14(19)17-6-4-5-11(8-17)9-18/h7,11,18H,3-6,8-9H2,1-2H3. The number of aromatic nitrogens is 2. The van der Waals surface area contributed by atoms with Crippen LogP contribution in [-0.4, -0.2) is 45.8 Å². The maximum Gasteiger partial charge on any atom is 0.255 e. The van der Waals surface area contributed by atoms with Gasteiger partial charge < -0.3 is 10.0 Å². The first-order chi connectivity index (χ1) is 9.15. The molecule has 1 atom stereocenters. The molecule has 0 aromatic carbocycles. The molecule has 1 saturated heterocycles. The smallest absolute Gasteiger partial charge is 0.255 e. The number of piperidine rings is 1. The van der Waals surface area contributed by atoms with Crippen LogP contribution in [0, 0.1) is 12.8 Å². The van der Waals surface area contributed by atoms with Crippen LogP contribution in [-0.2, 0) is 6.42 Å². The fourth-order valence-electron chi connectivity index (χ4n) is 2.53. The number of aliphatic hydroxyl groups is 1. The van der Waals surface area contributed by atoms with Crippen LogP contribution in [0.15, 0.2) is 6.07 Å². The van der Waals surface area contributed by atoms with Gasteiger partial charge in [0.1, 0.15) is 0 Å². The molecule has 0 radical (unpaired) electrons. The van der Waals surface area contributed by atoms with Crippen LogP contribution in [0.3, 0.4) is 0 Å². The third-order valence-corrected chi connectivity index (χ3v) is 3.62. The summed E-state index contributed by atoms with van der Waals surface area (Å²) in [4.78, 5) is 14.4. The Labute approximate surface area is 113 Å². The van der Waals surface area contributed by atoms with Crippen molar-refractivity contribution in [3.8, 4) is 0 Å². The van der Waals surface area contributed by atoms with E-state index < -0.39 is 0 Å². The van der Waals surface area contributed by atoms with Crippen molar-refractivity contribution in [1.82, 2.24) is 15.1 Å². The SMILES string of the molecule is CCc1nnc(C)cc1C(=O)N1CCCC(CO)C1. The van der Waals surface area contributed by atoms with Crippen molar-refractivity contribution >= 4 is 5.91 Å². The second-order valence-electron chi connectivity index (χ2n) is 5.14. The van der Waals surface area contributed by atoms with Crippen LogP contribution in [0.25, 0.3) is 0 Å². The Kier molecular flexibility index (Phi) is 4.47. The lowest BCUT2D eigenvalue weighted by atomic mass is 9.98. The van der Waals surface area contributed by atoms with Crippen molar-refractivity contribution in [3.63, 3.8) is 0 Å². The van der Waals surface area contributed by atoms with Crippen molar-refractivity contribution in [1.29, 1.82) is 0 Å². The van der Waals surface area contributed by atoms with E-state index in [0.29, 0.717) is 18.5 Å². The molecular formula is C14H21N3O2. The van der Waals surface area contributed by atoms with Gasteiger partial charge in [0, 0.05) is 19.7 Å². The minimum Gasteiger partial charge on any atom is -0.396 e. The summed E-state index contributed by atoms with van der Waals surface area (Å²) in [5.74, 6) is 0.228. The Hall–Kier alpha value is -1.49. The van der Waals surface area contributed by atoms with E-state index in [1.165, 1.54) is 0 Å². The summed E-state index contributed by atoms with van der Waals surface area (Å²) >= 11 is 0. The largest absolute Gasteiger partial charge is 0.396 e. The fourth-order valence-corrected chi connectivity index (χ4v) is 2.53. The molecule has 1 fully saturated rings. The molecule has 1 aliphatic heterocycles. The van der Waals surface area contributed by atoms with Crippen molar-refractivity contribution < 1.29 is 9.90 Å². The highest BCUT2D eigenvalue weighted by atomic mass is 16.3. The molecule has 1 aromatic heterocycles. The Morgan fingerprint density at radius 2 is 2.32 bits per heavy atom. The second-order valence-corrected chi connectivity index (χ2v) is 5.14. The average Bonchev–Trinajstić information content (AvgIpc) is 2.46. The highest BCUT2D eigenvalue weighted by Gasteiger charge is 2.25. The zero-order valence-electron chi connectivity index (χ0n) is 11.6. The Bertz CT molecular complexity index is 462. The predicted molar refractivity (Wildman–Crippen MR) is 71.9 cm³/mol. The Morgan fingerprint density at radius 3 is 3.00 bits per heavy atom. The van der Waals surface area contributed by atoms with E-state index in [1.54, 1.807) is 0 Å². The van der Waals surface area contributed by atoms with Gasteiger partial charge in [-0.3, -0.25) is 4.79 Å². The minimum absolute atomic E-state index is 0.0213. The van der Waals surface area contributed by atoms with Gasteiger partial charge in [-0.15, -0.1) is 0 Å². The summed E-state index contributed by atoms with van der Waals surface area (Å²) in [7, 11) is 0. The summed E-state index contributed by atoms with van der Waals surface area (Å²) in [6, 6.07) is 1.82. The molecule has 104 valence electrons.